The fourth-order valence-corrected chi connectivity index (χ4v) is 3.24. The fourth-order valence-electron chi connectivity index (χ4n) is 3.24. The minimum absolute atomic E-state index is 0.0543. The van der Waals surface area contributed by atoms with Crippen LogP contribution in [0.3, 0.4) is 0 Å². The summed E-state index contributed by atoms with van der Waals surface area (Å²) in [5, 5.41) is 0. The highest BCUT2D eigenvalue weighted by atomic mass is 16.2. The first-order valence-electron chi connectivity index (χ1n) is 11.0. The van der Waals surface area contributed by atoms with Crippen molar-refractivity contribution in [3.63, 3.8) is 0 Å². The van der Waals surface area contributed by atoms with Gasteiger partial charge < -0.3 is 10.6 Å². The van der Waals surface area contributed by atoms with Gasteiger partial charge in [-0.1, -0.05) is 67.7 Å². The van der Waals surface area contributed by atoms with Crippen LogP contribution >= 0.6 is 0 Å². The zero-order chi connectivity index (χ0) is 21.2. The molecule has 1 aliphatic heterocycles. The molecule has 0 unspecified atom stereocenters. The Morgan fingerprint density at radius 1 is 0.862 bits per heavy atom. The number of nitrogens with two attached hydrogens (primary N) is 1. The summed E-state index contributed by atoms with van der Waals surface area (Å²) < 4.78 is 0. The zero-order valence-electron chi connectivity index (χ0n) is 18.0. The molecule has 1 rings (SSSR count). The highest BCUT2D eigenvalue weighted by Crippen LogP contribution is 2.18. The summed E-state index contributed by atoms with van der Waals surface area (Å²) in [5.41, 5.74) is 5.36. The molecule has 4 heteroatoms. The molecule has 0 bridgehead atoms. The van der Waals surface area contributed by atoms with Crippen LogP contribution in [0.2, 0.25) is 0 Å². The van der Waals surface area contributed by atoms with Crippen LogP contribution in [0.25, 0.3) is 0 Å². The Kier molecular flexibility index (Phi) is 14.1. The van der Waals surface area contributed by atoms with Gasteiger partial charge in [-0.05, 0) is 57.8 Å². The molecule has 0 aromatic heterocycles. The van der Waals surface area contributed by atoms with Gasteiger partial charge in [0.15, 0.2) is 0 Å². The summed E-state index contributed by atoms with van der Waals surface area (Å²) in [6.45, 7) is 2.81. The van der Waals surface area contributed by atoms with E-state index in [1.54, 1.807) is 4.90 Å². The predicted molar refractivity (Wildman–Crippen MR) is 122 cm³/mol. The van der Waals surface area contributed by atoms with Crippen molar-refractivity contribution in [2.24, 2.45) is 5.73 Å². The number of rotatable bonds is 14. The molecule has 0 aliphatic carbocycles. The number of likely N-dealkylation sites (tertiary alicyclic amines) is 1. The Balaban J connectivity index is 2.03. The number of carbonyl (C=O) groups excluding carboxylic acids is 2. The third kappa shape index (κ3) is 11.9. The minimum atomic E-state index is -0.392. The largest absolute Gasteiger partial charge is 0.368 e. The van der Waals surface area contributed by atoms with Gasteiger partial charge in [0.25, 0.3) is 0 Å². The van der Waals surface area contributed by atoms with Crippen molar-refractivity contribution in [1.29, 1.82) is 0 Å². The van der Waals surface area contributed by atoms with Crippen molar-refractivity contribution in [2.75, 3.05) is 6.54 Å². The van der Waals surface area contributed by atoms with Gasteiger partial charge in [0.2, 0.25) is 11.8 Å². The van der Waals surface area contributed by atoms with Gasteiger partial charge in [0, 0.05) is 13.0 Å². The summed E-state index contributed by atoms with van der Waals surface area (Å²) in [7, 11) is 0. The maximum atomic E-state index is 12.2. The van der Waals surface area contributed by atoms with Crippen LogP contribution in [0.1, 0.15) is 71.1 Å². The fraction of sp³-hybridized carbons (Fsp3) is 0.520. The van der Waals surface area contributed by atoms with Crippen LogP contribution in [-0.4, -0.2) is 29.3 Å². The SMILES string of the molecule is CC/C=C\C/C=C\C/C=C\C/C=C\C/C=C\CCCC(=O)N1CCC[C@H]1C(N)=O. The standard InChI is InChI=1S/C25H38N2O2/c1-2-3-4-5-6-7-8-9-10-11-12-13-14-15-16-17-18-21-24(28)27-22-19-20-23(27)25(26)29/h3-4,6-7,9-10,12-13,15-16,23H,2,5,8,11,14,17-22H2,1H3,(H2,26,29)/b4-3-,7-6-,10-9-,13-12-,16-15-/t23-/m0/s1. The highest BCUT2D eigenvalue weighted by molar-refractivity contribution is 5.87. The third-order valence-corrected chi connectivity index (χ3v) is 4.82. The topological polar surface area (TPSA) is 63.4 Å². The summed E-state index contributed by atoms with van der Waals surface area (Å²) >= 11 is 0. The Morgan fingerprint density at radius 3 is 1.90 bits per heavy atom. The van der Waals surface area contributed by atoms with Crippen molar-refractivity contribution in [3.05, 3.63) is 60.8 Å². The van der Waals surface area contributed by atoms with E-state index in [-0.39, 0.29) is 11.8 Å². The first-order chi connectivity index (χ1) is 14.2. The van der Waals surface area contributed by atoms with Gasteiger partial charge in [-0.2, -0.15) is 0 Å². The monoisotopic (exact) mass is 398 g/mol. The van der Waals surface area contributed by atoms with Crippen LogP contribution in [0.4, 0.5) is 0 Å². The van der Waals surface area contributed by atoms with E-state index in [1.807, 2.05) is 0 Å². The summed E-state index contributed by atoms with van der Waals surface area (Å²) in [6.07, 6.45) is 30.5. The molecule has 1 heterocycles. The van der Waals surface area contributed by atoms with E-state index in [1.165, 1.54) is 0 Å². The molecule has 2 N–H and O–H groups in total. The Morgan fingerprint density at radius 2 is 1.38 bits per heavy atom. The van der Waals surface area contributed by atoms with Gasteiger partial charge >= 0.3 is 0 Å². The number of nitrogens with zero attached hydrogens (tertiary/aromatic N) is 1. The van der Waals surface area contributed by atoms with Gasteiger partial charge in [-0.15, -0.1) is 0 Å². The quantitative estimate of drug-likeness (QED) is 0.315. The molecular weight excluding hydrogens is 360 g/mol. The first-order valence-corrected chi connectivity index (χ1v) is 11.0. The van der Waals surface area contributed by atoms with Crippen molar-refractivity contribution < 1.29 is 9.59 Å². The number of amides is 2. The smallest absolute Gasteiger partial charge is 0.240 e. The van der Waals surface area contributed by atoms with Crippen LogP contribution in [0.15, 0.2) is 60.8 Å². The Labute approximate surface area is 176 Å². The van der Waals surface area contributed by atoms with Crippen LogP contribution < -0.4 is 5.73 Å². The van der Waals surface area contributed by atoms with Gasteiger partial charge in [0.05, 0.1) is 0 Å². The minimum Gasteiger partial charge on any atom is -0.368 e. The molecule has 0 aromatic rings. The summed E-state index contributed by atoms with van der Waals surface area (Å²) in [4.78, 5) is 25.2. The third-order valence-electron chi connectivity index (χ3n) is 4.82. The Hall–Kier alpha value is -2.36. The van der Waals surface area contributed by atoms with Crippen LogP contribution in [0, 0.1) is 0 Å². The molecule has 2 amide bonds. The van der Waals surface area contributed by atoms with Gasteiger partial charge in [0.1, 0.15) is 6.04 Å². The number of hydrogen-bond donors (Lipinski definition) is 1. The molecule has 1 atom stereocenters. The second-order valence-electron chi connectivity index (χ2n) is 7.25. The first kappa shape index (κ1) is 24.7. The van der Waals surface area contributed by atoms with E-state index >= 15 is 0 Å². The van der Waals surface area contributed by atoms with E-state index in [2.05, 4.69) is 67.7 Å². The lowest BCUT2D eigenvalue weighted by molar-refractivity contribution is -0.137. The number of carbonyl (C=O) groups is 2. The number of hydrogen-bond acceptors (Lipinski definition) is 2. The maximum absolute atomic E-state index is 12.2. The maximum Gasteiger partial charge on any atom is 0.240 e. The molecule has 1 aliphatic rings. The van der Waals surface area contributed by atoms with E-state index in [0.29, 0.717) is 19.4 Å². The molecule has 0 spiro atoms. The zero-order valence-corrected chi connectivity index (χ0v) is 18.0. The Bertz CT molecular complexity index is 614. The van der Waals surface area contributed by atoms with Gasteiger partial charge in [-0.3, -0.25) is 9.59 Å². The molecule has 160 valence electrons. The molecular formula is C25H38N2O2. The van der Waals surface area contributed by atoms with E-state index in [4.69, 9.17) is 5.73 Å². The number of unbranched alkanes of at least 4 members (excludes halogenated alkanes) is 1. The number of primary amides is 1. The van der Waals surface area contributed by atoms with E-state index in [0.717, 1.165) is 51.4 Å². The second-order valence-corrected chi connectivity index (χ2v) is 7.25. The molecule has 1 saturated heterocycles. The van der Waals surface area contributed by atoms with Crippen molar-refractivity contribution in [1.82, 2.24) is 4.90 Å². The van der Waals surface area contributed by atoms with Gasteiger partial charge in [-0.25, -0.2) is 0 Å². The molecule has 0 saturated carbocycles. The average Bonchev–Trinajstić information content (AvgIpc) is 3.20. The van der Waals surface area contributed by atoms with Crippen molar-refractivity contribution in [3.8, 4) is 0 Å². The molecule has 0 aromatic carbocycles. The van der Waals surface area contributed by atoms with E-state index < -0.39 is 6.04 Å². The average molecular weight is 399 g/mol. The molecule has 1 fully saturated rings. The summed E-state index contributed by atoms with van der Waals surface area (Å²) in [6, 6.07) is -0.392. The van der Waals surface area contributed by atoms with Crippen molar-refractivity contribution in [2.45, 2.75) is 77.2 Å². The molecule has 29 heavy (non-hydrogen) atoms. The van der Waals surface area contributed by atoms with Crippen LogP contribution in [-0.2, 0) is 9.59 Å². The lowest BCUT2D eigenvalue weighted by Crippen LogP contribution is -2.43. The number of allylic oxidation sites excluding steroid dienone is 10. The second kappa shape index (κ2) is 16.6. The molecule has 4 nitrogen and oxygen atoms in total. The predicted octanol–water partition coefficient (Wildman–Crippen LogP) is 5.38. The highest BCUT2D eigenvalue weighted by Gasteiger charge is 2.31. The normalized spacial score (nSPS) is 17.8. The van der Waals surface area contributed by atoms with Crippen molar-refractivity contribution >= 4 is 11.8 Å². The summed E-state index contributed by atoms with van der Waals surface area (Å²) in [5.74, 6) is -0.327. The lowest BCUT2D eigenvalue weighted by Gasteiger charge is -2.21. The lowest BCUT2D eigenvalue weighted by atomic mass is 10.1. The van der Waals surface area contributed by atoms with E-state index in [9.17, 15) is 9.59 Å². The van der Waals surface area contributed by atoms with Crippen LogP contribution in [0.5, 0.6) is 0 Å². The molecule has 0 radical (unpaired) electrons.